The van der Waals surface area contributed by atoms with E-state index in [2.05, 4.69) is 0 Å². The number of rotatable bonds is 3. The molecular weight excluding hydrogens is 219 g/mol. The summed E-state index contributed by atoms with van der Waals surface area (Å²) in [6, 6.07) is 9.97. The summed E-state index contributed by atoms with van der Waals surface area (Å²) < 4.78 is 14.3. The lowest BCUT2D eigenvalue weighted by molar-refractivity contribution is 0.595. The van der Waals surface area contributed by atoms with Gasteiger partial charge in [-0.1, -0.05) is 24.3 Å². The Bertz CT molecular complexity index is 560. The zero-order valence-corrected chi connectivity index (χ0v) is 9.27. The Morgan fingerprint density at radius 1 is 1.06 bits per heavy atom. The predicted molar refractivity (Wildman–Crippen MR) is 64.1 cm³/mol. The topological polar surface area (TPSA) is 48.0 Å². The molecule has 0 atom stereocenters. The molecule has 2 N–H and O–H groups in total. The van der Waals surface area contributed by atoms with Crippen molar-refractivity contribution in [3.05, 3.63) is 69.9 Å². The molecule has 1 heterocycles. The number of halogens is 1. The molecule has 2 aromatic rings. The highest BCUT2D eigenvalue weighted by atomic mass is 19.1. The van der Waals surface area contributed by atoms with Crippen molar-refractivity contribution in [2.75, 3.05) is 0 Å². The van der Waals surface area contributed by atoms with Crippen LogP contribution in [0.4, 0.5) is 4.39 Å². The van der Waals surface area contributed by atoms with E-state index >= 15 is 0 Å². The summed E-state index contributed by atoms with van der Waals surface area (Å²) in [5.41, 5.74) is 7.25. The Labute approximate surface area is 98.3 Å². The maximum absolute atomic E-state index is 13.0. The van der Waals surface area contributed by atoms with Crippen molar-refractivity contribution in [2.24, 2.45) is 5.73 Å². The summed E-state index contributed by atoms with van der Waals surface area (Å²) in [6.45, 7) is 0.849. The van der Waals surface area contributed by atoms with Gasteiger partial charge in [0.15, 0.2) is 0 Å². The van der Waals surface area contributed by atoms with E-state index in [1.807, 2.05) is 24.3 Å². The minimum Gasteiger partial charge on any atom is -0.326 e. The van der Waals surface area contributed by atoms with E-state index in [1.165, 1.54) is 16.8 Å². The summed E-state index contributed by atoms with van der Waals surface area (Å²) in [6.07, 6.45) is 1.21. The Hall–Kier alpha value is -1.94. The Morgan fingerprint density at radius 2 is 1.71 bits per heavy atom. The van der Waals surface area contributed by atoms with Gasteiger partial charge in [0.05, 0.1) is 6.54 Å². The maximum Gasteiger partial charge on any atom is 0.251 e. The molecule has 17 heavy (non-hydrogen) atoms. The van der Waals surface area contributed by atoms with Gasteiger partial charge in [0.25, 0.3) is 5.56 Å². The normalized spacial score (nSPS) is 10.5. The second-order valence-electron chi connectivity index (χ2n) is 3.83. The number of hydrogen-bond donors (Lipinski definition) is 1. The fourth-order valence-corrected chi connectivity index (χ4v) is 1.60. The van der Waals surface area contributed by atoms with Gasteiger partial charge in [-0.05, 0) is 17.2 Å². The first-order chi connectivity index (χ1) is 8.19. The average molecular weight is 232 g/mol. The molecular formula is C13H13FN2O. The number of pyridine rings is 1. The van der Waals surface area contributed by atoms with Gasteiger partial charge in [-0.25, -0.2) is 4.39 Å². The fraction of sp³-hybridized carbons (Fsp3) is 0.154. The lowest BCUT2D eigenvalue weighted by Crippen LogP contribution is -2.19. The van der Waals surface area contributed by atoms with Crippen LogP contribution < -0.4 is 11.3 Å². The second-order valence-corrected chi connectivity index (χ2v) is 3.83. The predicted octanol–water partition coefficient (Wildman–Crippen LogP) is 1.49. The number of benzene rings is 1. The first-order valence-electron chi connectivity index (χ1n) is 5.33. The number of nitrogens with two attached hydrogens (primary N) is 1. The first-order valence-corrected chi connectivity index (χ1v) is 5.33. The van der Waals surface area contributed by atoms with Crippen LogP contribution in [-0.2, 0) is 13.1 Å². The third-order valence-corrected chi connectivity index (χ3v) is 2.56. The fourth-order valence-electron chi connectivity index (χ4n) is 1.60. The molecule has 0 bridgehead atoms. The van der Waals surface area contributed by atoms with Crippen molar-refractivity contribution in [3.8, 4) is 0 Å². The van der Waals surface area contributed by atoms with Gasteiger partial charge < -0.3 is 10.3 Å². The lowest BCUT2D eigenvalue weighted by Gasteiger charge is -2.06. The number of nitrogens with zero attached hydrogens (tertiary/aromatic N) is 1. The highest BCUT2D eigenvalue weighted by molar-refractivity contribution is 5.22. The third kappa shape index (κ3) is 2.79. The van der Waals surface area contributed by atoms with Crippen LogP contribution in [0.5, 0.6) is 0 Å². The van der Waals surface area contributed by atoms with Crippen molar-refractivity contribution in [3.63, 3.8) is 0 Å². The van der Waals surface area contributed by atoms with Crippen LogP contribution in [-0.4, -0.2) is 4.57 Å². The van der Waals surface area contributed by atoms with Crippen molar-refractivity contribution in [2.45, 2.75) is 13.1 Å². The van der Waals surface area contributed by atoms with Gasteiger partial charge in [0.1, 0.15) is 5.82 Å². The van der Waals surface area contributed by atoms with Crippen LogP contribution >= 0.6 is 0 Å². The SMILES string of the molecule is NCc1ccc(Cn2cc(F)ccc2=O)cc1. The van der Waals surface area contributed by atoms with E-state index in [9.17, 15) is 9.18 Å². The molecule has 4 heteroatoms. The molecule has 0 radical (unpaired) electrons. The third-order valence-electron chi connectivity index (χ3n) is 2.56. The Morgan fingerprint density at radius 3 is 2.35 bits per heavy atom. The van der Waals surface area contributed by atoms with E-state index in [0.29, 0.717) is 13.1 Å². The first kappa shape index (κ1) is 11.5. The standard InChI is InChI=1S/C13H13FN2O/c14-12-5-6-13(17)16(9-12)8-11-3-1-10(7-15)2-4-11/h1-6,9H,7-8,15H2. The van der Waals surface area contributed by atoms with Gasteiger partial charge in [-0.3, -0.25) is 4.79 Å². The molecule has 0 amide bonds. The molecule has 0 saturated heterocycles. The van der Waals surface area contributed by atoms with Gasteiger partial charge in [-0.2, -0.15) is 0 Å². The van der Waals surface area contributed by atoms with Gasteiger partial charge >= 0.3 is 0 Å². The quantitative estimate of drug-likeness (QED) is 0.871. The van der Waals surface area contributed by atoms with Crippen LogP contribution in [0.25, 0.3) is 0 Å². The van der Waals surface area contributed by atoms with E-state index in [0.717, 1.165) is 17.2 Å². The van der Waals surface area contributed by atoms with E-state index in [4.69, 9.17) is 5.73 Å². The molecule has 3 nitrogen and oxygen atoms in total. The molecule has 1 aromatic heterocycles. The molecule has 0 fully saturated rings. The van der Waals surface area contributed by atoms with Gasteiger partial charge in [0.2, 0.25) is 0 Å². The molecule has 1 aromatic carbocycles. The molecule has 88 valence electrons. The zero-order chi connectivity index (χ0) is 12.3. The Kier molecular flexibility index (Phi) is 3.35. The molecule has 0 aliphatic carbocycles. The van der Waals surface area contributed by atoms with Crippen LogP contribution in [0.2, 0.25) is 0 Å². The van der Waals surface area contributed by atoms with Crippen LogP contribution in [0, 0.1) is 5.82 Å². The minimum absolute atomic E-state index is 0.214. The van der Waals surface area contributed by atoms with Crippen molar-refractivity contribution in [1.29, 1.82) is 0 Å². The van der Waals surface area contributed by atoms with Crippen molar-refractivity contribution in [1.82, 2.24) is 4.57 Å². The van der Waals surface area contributed by atoms with Crippen molar-refractivity contribution < 1.29 is 4.39 Å². The molecule has 0 aliphatic rings. The van der Waals surface area contributed by atoms with Crippen LogP contribution in [0.1, 0.15) is 11.1 Å². The maximum atomic E-state index is 13.0. The van der Waals surface area contributed by atoms with Crippen LogP contribution in [0.3, 0.4) is 0 Å². The highest BCUT2D eigenvalue weighted by Crippen LogP contribution is 2.05. The largest absolute Gasteiger partial charge is 0.326 e. The average Bonchev–Trinajstić information content (AvgIpc) is 2.35. The summed E-state index contributed by atoms with van der Waals surface area (Å²) in [7, 11) is 0. The molecule has 0 unspecified atom stereocenters. The van der Waals surface area contributed by atoms with Crippen LogP contribution in [0.15, 0.2) is 47.4 Å². The Balaban J connectivity index is 2.25. The summed E-state index contributed by atoms with van der Waals surface area (Å²) in [4.78, 5) is 11.5. The second kappa shape index (κ2) is 4.93. The van der Waals surface area contributed by atoms with E-state index in [-0.39, 0.29) is 5.56 Å². The minimum atomic E-state index is -0.414. The zero-order valence-electron chi connectivity index (χ0n) is 9.27. The van der Waals surface area contributed by atoms with Crippen molar-refractivity contribution >= 4 is 0 Å². The summed E-state index contributed by atoms with van der Waals surface area (Å²) in [5.74, 6) is -0.414. The summed E-state index contributed by atoms with van der Waals surface area (Å²) in [5, 5.41) is 0. The van der Waals surface area contributed by atoms with E-state index in [1.54, 1.807) is 0 Å². The lowest BCUT2D eigenvalue weighted by atomic mass is 10.1. The molecule has 0 saturated carbocycles. The highest BCUT2D eigenvalue weighted by Gasteiger charge is 2.00. The van der Waals surface area contributed by atoms with E-state index < -0.39 is 5.82 Å². The monoisotopic (exact) mass is 232 g/mol. The van der Waals surface area contributed by atoms with Gasteiger partial charge in [0, 0.05) is 18.8 Å². The summed E-state index contributed by atoms with van der Waals surface area (Å²) >= 11 is 0. The molecule has 2 rings (SSSR count). The smallest absolute Gasteiger partial charge is 0.251 e. The number of aromatic nitrogens is 1. The molecule has 0 aliphatic heterocycles. The van der Waals surface area contributed by atoms with Gasteiger partial charge in [-0.15, -0.1) is 0 Å². The number of hydrogen-bond acceptors (Lipinski definition) is 2. The molecule has 0 spiro atoms.